The van der Waals surface area contributed by atoms with Crippen LogP contribution in [0.3, 0.4) is 0 Å². The van der Waals surface area contributed by atoms with Crippen molar-refractivity contribution in [1.82, 2.24) is 9.88 Å². The van der Waals surface area contributed by atoms with Crippen LogP contribution in [0.2, 0.25) is 5.02 Å². The predicted octanol–water partition coefficient (Wildman–Crippen LogP) is 2.90. The highest BCUT2D eigenvalue weighted by Gasteiger charge is 2.32. The van der Waals surface area contributed by atoms with Crippen molar-refractivity contribution in [2.45, 2.75) is 25.9 Å². The van der Waals surface area contributed by atoms with Crippen LogP contribution in [0, 0.1) is 0 Å². The number of nitrogens with zero attached hydrogens (tertiary/aromatic N) is 2. The van der Waals surface area contributed by atoms with E-state index in [1.54, 1.807) is 6.20 Å². The van der Waals surface area contributed by atoms with Crippen molar-refractivity contribution in [3.8, 4) is 0 Å². The number of halogens is 1. The molecule has 1 saturated heterocycles. The Morgan fingerprint density at radius 1 is 1.36 bits per heavy atom. The molecule has 4 nitrogen and oxygen atoms in total. The molecule has 0 N–H and O–H groups in total. The van der Waals surface area contributed by atoms with Crippen LogP contribution in [0.25, 0.3) is 10.9 Å². The zero-order valence-corrected chi connectivity index (χ0v) is 14.1. The first-order valence-corrected chi connectivity index (χ1v) is 9.66. The van der Waals surface area contributed by atoms with Crippen LogP contribution in [0.5, 0.6) is 0 Å². The van der Waals surface area contributed by atoms with E-state index >= 15 is 0 Å². The monoisotopic (exact) mass is 338 g/mol. The molecule has 22 heavy (non-hydrogen) atoms. The molecule has 2 aromatic rings. The van der Waals surface area contributed by atoms with Gasteiger partial charge in [-0.3, -0.25) is 9.88 Å². The summed E-state index contributed by atoms with van der Waals surface area (Å²) in [6, 6.07) is 7.84. The maximum Gasteiger partial charge on any atom is 0.151 e. The molecule has 1 aromatic heterocycles. The fraction of sp³-hybridized carbons (Fsp3) is 0.438. The summed E-state index contributed by atoms with van der Waals surface area (Å²) < 4.78 is 23.5. The molecule has 1 atom stereocenters. The van der Waals surface area contributed by atoms with E-state index in [1.807, 2.05) is 24.3 Å². The topological polar surface area (TPSA) is 50.3 Å². The molecule has 3 rings (SSSR count). The van der Waals surface area contributed by atoms with E-state index in [0.29, 0.717) is 18.0 Å². The largest absolute Gasteiger partial charge is 0.295 e. The lowest BCUT2D eigenvalue weighted by Crippen LogP contribution is -2.35. The van der Waals surface area contributed by atoms with Gasteiger partial charge in [0.2, 0.25) is 0 Å². The fourth-order valence-electron chi connectivity index (χ4n) is 3.10. The van der Waals surface area contributed by atoms with Crippen molar-refractivity contribution in [3.05, 3.63) is 41.0 Å². The zero-order valence-electron chi connectivity index (χ0n) is 12.5. The van der Waals surface area contributed by atoms with Gasteiger partial charge in [-0.1, -0.05) is 30.7 Å². The number of hydrogen-bond donors (Lipinski definition) is 0. The van der Waals surface area contributed by atoms with Gasteiger partial charge in [0.15, 0.2) is 9.84 Å². The van der Waals surface area contributed by atoms with Crippen LogP contribution in [0.1, 0.15) is 18.9 Å². The second-order valence-electron chi connectivity index (χ2n) is 5.72. The van der Waals surface area contributed by atoms with Crippen LogP contribution < -0.4 is 0 Å². The van der Waals surface area contributed by atoms with Gasteiger partial charge in [-0.25, -0.2) is 8.42 Å². The first-order chi connectivity index (χ1) is 10.5. The van der Waals surface area contributed by atoms with Crippen molar-refractivity contribution >= 4 is 32.3 Å². The third-order valence-electron chi connectivity index (χ3n) is 4.31. The summed E-state index contributed by atoms with van der Waals surface area (Å²) in [5.74, 6) is 0.534. The van der Waals surface area contributed by atoms with Crippen LogP contribution in [0.15, 0.2) is 30.5 Å². The standard InChI is InChI=1S/C16H19ClN2O2S/c1-2-19(13-7-9-22(20,21)11-13)10-14-15(17)6-5-12-4-3-8-18-16(12)14/h3-6,8,13H,2,7,9-11H2,1H3/t13-/m0/s1. The van der Waals surface area contributed by atoms with Gasteiger partial charge in [-0.15, -0.1) is 0 Å². The van der Waals surface area contributed by atoms with E-state index in [2.05, 4.69) is 16.8 Å². The van der Waals surface area contributed by atoms with Crippen LogP contribution in [0.4, 0.5) is 0 Å². The quantitative estimate of drug-likeness (QED) is 0.860. The van der Waals surface area contributed by atoms with Crippen molar-refractivity contribution in [3.63, 3.8) is 0 Å². The van der Waals surface area contributed by atoms with Gasteiger partial charge < -0.3 is 0 Å². The lowest BCUT2D eigenvalue weighted by molar-refractivity contribution is 0.215. The zero-order chi connectivity index (χ0) is 15.7. The number of pyridine rings is 1. The van der Waals surface area contributed by atoms with Gasteiger partial charge in [0.25, 0.3) is 0 Å². The van der Waals surface area contributed by atoms with Gasteiger partial charge in [-0.05, 0) is 25.1 Å². The molecule has 1 aliphatic heterocycles. The molecular formula is C16H19ClN2O2S. The van der Waals surface area contributed by atoms with Gasteiger partial charge >= 0.3 is 0 Å². The first-order valence-electron chi connectivity index (χ1n) is 7.47. The Morgan fingerprint density at radius 3 is 2.86 bits per heavy atom. The Labute approximate surface area is 136 Å². The Balaban J connectivity index is 1.93. The van der Waals surface area contributed by atoms with E-state index in [-0.39, 0.29) is 17.5 Å². The van der Waals surface area contributed by atoms with Crippen molar-refractivity contribution in [2.75, 3.05) is 18.1 Å². The number of aromatic nitrogens is 1. The molecule has 0 bridgehead atoms. The van der Waals surface area contributed by atoms with Gasteiger partial charge in [0, 0.05) is 34.8 Å². The molecule has 1 aromatic carbocycles. The minimum Gasteiger partial charge on any atom is -0.295 e. The Kier molecular flexibility index (Phi) is 4.39. The van der Waals surface area contributed by atoms with Gasteiger partial charge in [0.1, 0.15) is 0 Å². The normalized spacial score (nSPS) is 20.8. The number of hydrogen-bond acceptors (Lipinski definition) is 4. The third kappa shape index (κ3) is 3.12. The predicted molar refractivity (Wildman–Crippen MR) is 89.9 cm³/mol. The third-order valence-corrected chi connectivity index (χ3v) is 6.42. The van der Waals surface area contributed by atoms with Gasteiger partial charge in [-0.2, -0.15) is 0 Å². The summed E-state index contributed by atoms with van der Waals surface area (Å²) in [5.41, 5.74) is 1.88. The smallest absolute Gasteiger partial charge is 0.151 e. The molecule has 118 valence electrons. The van der Waals surface area contributed by atoms with Crippen LogP contribution >= 0.6 is 11.6 Å². The van der Waals surface area contributed by atoms with E-state index in [1.165, 1.54) is 0 Å². The number of benzene rings is 1. The van der Waals surface area contributed by atoms with E-state index in [0.717, 1.165) is 23.0 Å². The van der Waals surface area contributed by atoms with Crippen molar-refractivity contribution in [2.24, 2.45) is 0 Å². The van der Waals surface area contributed by atoms with Crippen molar-refractivity contribution in [1.29, 1.82) is 0 Å². The summed E-state index contributed by atoms with van der Waals surface area (Å²) in [7, 11) is -2.89. The second-order valence-corrected chi connectivity index (χ2v) is 8.36. The summed E-state index contributed by atoms with van der Waals surface area (Å²) in [5, 5.41) is 1.74. The lowest BCUT2D eigenvalue weighted by Gasteiger charge is -2.27. The van der Waals surface area contributed by atoms with E-state index in [9.17, 15) is 8.42 Å². The second kappa shape index (κ2) is 6.14. The highest BCUT2D eigenvalue weighted by molar-refractivity contribution is 7.91. The van der Waals surface area contributed by atoms with Crippen LogP contribution in [-0.2, 0) is 16.4 Å². The lowest BCUT2D eigenvalue weighted by atomic mass is 10.1. The molecule has 2 heterocycles. The molecule has 0 unspecified atom stereocenters. The Morgan fingerprint density at radius 2 is 2.18 bits per heavy atom. The SMILES string of the molecule is CCN(Cc1c(Cl)ccc2cccnc12)[C@H]1CCS(=O)(=O)C1. The highest BCUT2D eigenvalue weighted by atomic mass is 35.5. The van der Waals surface area contributed by atoms with Gasteiger partial charge in [0.05, 0.1) is 17.0 Å². The summed E-state index contributed by atoms with van der Waals surface area (Å²) in [6.45, 7) is 3.47. The fourth-order valence-corrected chi connectivity index (χ4v) is 5.07. The Bertz CT molecular complexity index is 792. The maximum atomic E-state index is 11.7. The summed E-state index contributed by atoms with van der Waals surface area (Å²) in [6.07, 6.45) is 2.46. The molecule has 1 fully saturated rings. The summed E-state index contributed by atoms with van der Waals surface area (Å²) in [4.78, 5) is 6.65. The minimum atomic E-state index is -2.89. The van der Waals surface area contributed by atoms with Crippen LogP contribution in [-0.4, -0.2) is 42.4 Å². The molecule has 0 saturated carbocycles. The van der Waals surface area contributed by atoms with E-state index < -0.39 is 9.84 Å². The number of rotatable bonds is 4. The molecule has 0 spiro atoms. The minimum absolute atomic E-state index is 0.0741. The Hall–Kier alpha value is -1.17. The number of fused-ring (bicyclic) bond motifs is 1. The average Bonchev–Trinajstić information content (AvgIpc) is 2.86. The number of sulfone groups is 1. The van der Waals surface area contributed by atoms with Crippen molar-refractivity contribution < 1.29 is 8.42 Å². The molecule has 6 heteroatoms. The molecule has 0 amide bonds. The maximum absolute atomic E-state index is 11.7. The first kappa shape index (κ1) is 15.7. The van der Waals surface area contributed by atoms with E-state index in [4.69, 9.17) is 11.6 Å². The molecular weight excluding hydrogens is 320 g/mol. The summed E-state index contributed by atoms with van der Waals surface area (Å²) >= 11 is 6.38. The molecule has 0 aliphatic carbocycles. The molecule has 0 radical (unpaired) electrons. The molecule has 1 aliphatic rings. The highest BCUT2D eigenvalue weighted by Crippen LogP contribution is 2.28. The average molecular weight is 339 g/mol.